The van der Waals surface area contributed by atoms with Gasteiger partial charge in [-0.05, 0) is 0 Å². The van der Waals surface area contributed by atoms with Crippen LogP contribution in [0.3, 0.4) is 0 Å². The molecule has 0 heterocycles. The molecule has 0 radical (unpaired) electrons. The molecule has 0 fully saturated rings. The maximum absolute atomic E-state index is 8.33. The van der Waals surface area contributed by atoms with Gasteiger partial charge in [-0.25, -0.2) is 0 Å². The van der Waals surface area contributed by atoms with E-state index in [2.05, 4.69) is 0 Å². The van der Waals surface area contributed by atoms with Crippen molar-refractivity contribution in [3.8, 4) is 0 Å². The first kappa shape index (κ1) is 8.90. The molecule has 2 nitrogen and oxygen atoms in total. The van der Waals surface area contributed by atoms with Crippen molar-refractivity contribution in [2.24, 2.45) is 0 Å². The Balaban J connectivity index is 0. The molecular weight excluding hydrogens is 228 g/mol. The molecular formula is CH2O2W. The Labute approximate surface area is 35.4 Å². The fourth-order valence-corrected chi connectivity index (χ4v) is 0. The standard InChI is InChI=1S/CH2O.O.W/c1-2;;/h1H2;;. The molecule has 3 heteroatoms. The third kappa shape index (κ3) is 116. The second-order valence-corrected chi connectivity index (χ2v) is 0. The second-order valence-electron chi connectivity index (χ2n) is 0. The van der Waals surface area contributed by atoms with Crippen molar-refractivity contribution in [3.63, 3.8) is 0 Å². The Hall–Kier alpha value is 0.158. The third-order valence-electron chi connectivity index (χ3n) is 0. The van der Waals surface area contributed by atoms with Crippen LogP contribution in [0, 0.1) is 0 Å². The van der Waals surface area contributed by atoms with Crippen LogP contribution >= 0.6 is 0 Å². The van der Waals surface area contributed by atoms with E-state index >= 15 is 0 Å². The zero-order valence-electron chi connectivity index (χ0n) is 1.93. The van der Waals surface area contributed by atoms with Crippen molar-refractivity contribution in [2.75, 3.05) is 0 Å². The summed E-state index contributed by atoms with van der Waals surface area (Å²) in [6.07, 6.45) is 0. The minimum atomic E-state index is 0.333. The van der Waals surface area contributed by atoms with E-state index in [0.717, 1.165) is 0 Å². The Bertz CT molecular complexity index is 8.00. The van der Waals surface area contributed by atoms with E-state index in [1.165, 1.54) is 0 Å². The fourth-order valence-electron chi connectivity index (χ4n) is 0. The summed E-state index contributed by atoms with van der Waals surface area (Å²) in [5, 5.41) is 0. The molecule has 0 aromatic rings. The Kier molecular flexibility index (Phi) is 1310. The predicted octanol–water partition coefficient (Wildman–Crippen LogP) is -0.306. The summed E-state index contributed by atoms with van der Waals surface area (Å²) in [5.74, 6) is 0. The van der Waals surface area contributed by atoms with Crippen LogP contribution in [0.25, 0.3) is 0 Å². The molecule has 0 spiro atoms. The zero-order chi connectivity index (χ0) is 4.00. The Morgan fingerprint density at radius 2 is 1.25 bits per heavy atom. The molecule has 0 aliphatic carbocycles. The SMILES string of the molecule is C=O.[O]=[W]. The van der Waals surface area contributed by atoms with Crippen LogP contribution in [0.1, 0.15) is 0 Å². The average Bonchev–Trinajstić information content (AvgIpc) is 1.50. The van der Waals surface area contributed by atoms with E-state index in [1.807, 2.05) is 6.79 Å². The van der Waals surface area contributed by atoms with E-state index in [0.29, 0.717) is 19.8 Å². The van der Waals surface area contributed by atoms with Crippen LogP contribution in [0.5, 0.6) is 0 Å². The minimum absolute atomic E-state index is 0.333. The third-order valence-corrected chi connectivity index (χ3v) is 0. The number of carbonyl (C=O) groups excluding carboxylic acids is 1. The van der Waals surface area contributed by atoms with Crippen LogP contribution in [0.4, 0.5) is 0 Å². The molecule has 0 saturated carbocycles. The van der Waals surface area contributed by atoms with Crippen molar-refractivity contribution in [3.05, 3.63) is 0 Å². The average molecular weight is 230 g/mol. The topological polar surface area (TPSA) is 34.1 Å². The van der Waals surface area contributed by atoms with Crippen LogP contribution in [0.2, 0.25) is 0 Å². The summed E-state index contributed by atoms with van der Waals surface area (Å²) in [5.41, 5.74) is 0. The van der Waals surface area contributed by atoms with Gasteiger partial charge >= 0.3 is 23.2 Å². The Morgan fingerprint density at radius 1 is 1.25 bits per heavy atom. The van der Waals surface area contributed by atoms with Gasteiger partial charge in [0.05, 0.1) is 0 Å². The Morgan fingerprint density at radius 3 is 1.25 bits per heavy atom. The van der Waals surface area contributed by atoms with Gasteiger partial charge in [0.15, 0.2) is 0 Å². The van der Waals surface area contributed by atoms with Gasteiger partial charge in [0.25, 0.3) is 0 Å². The van der Waals surface area contributed by atoms with Gasteiger partial charge in [-0.3, -0.25) is 0 Å². The molecule has 24 valence electrons. The monoisotopic (exact) mass is 230 g/mol. The number of carbonyl (C=O) groups is 1. The first-order valence-corrected chi connectivity index (χ1v) is 1.65. The molecule has 0 rings (SSSR count). The van der Waals surface area contributed by atoms with Gasteiger partial charge in [0, 0.05) is 0 Å². The van der Waals surface area contributed by atoms with Crippen LogP contribution < -0.4 is 0 Å². The van der Waals surface area contributed by atoms with Crippen molar-refractivity contribution in [2.45, 2.75) is 0 Å². The summed E-state index contributed by atoms with van der Waals surface area (Å²) < 4.78 is 8.33. The summed E-state index contributed by atoms with van der Waals surface area (Å²) in [7, 11) is 0. The van der Waals surface area contributed by atoms with E-state index in [1.54, 1.807) is 0 Å². The quantitative estimate of drug-likeness (QED) is 0.572. The van der Waals surface area contributed by atoms with Gasteiger partial charge in [-0.2, -0.15) is 0 Å². The van der Waals surface area contributed by atoms with Gasteiger partial charge in [0.2, 0.25) is 0 Å². The molecule has 0 saturated heterocycles. The van der Waals surface area contributed by atoms with Crippen LogP contribution in [-0.4, -0.2) is 6.79 Å². The molecule has 0 amide bonds. The van der Waals surface area contributed by atoms with E-state index in [-0.39, 0.29) is 0 Å². The van der Waals surface area contributed by atoms with Crippen molar-refractivity contribution >= 4 is 6.79 Å². The van der Waals surface area contributed by atoms with E-state index in [9.17, 15) is 0 Å². The fraction of sp³-hybridized carbons (Fsp3) is 0. The maximum atomic E-state index is 8.33. The van der Waals surface area contributed by atoms with E-state index in [4.69, 9.17) is 8.19 Å². The van der Waals surface area contributed by atoms with E-state index < -0.39 is 0 Å². The number of hydrogen-bond acceptors (Lipinski definition) is 2. The van der Waals surface area contributed by atoms with Gasteiger partial charge in [-0.15, -0.1) is 0 Å². The van der Waals surface area contributed by atoms with Crippen molar-refractivity contribution in [1.82, 2.24) is 0 Å². The molecule has 0 bridgehead atoms. The second kappa shape index (κ2) is 587. The molecule has 0 aromatic carbocycles. The number of hydrogen-bond donors (Lipinski definition) is 0. The van der Waals surface area contributed by atoms with Crippen LogP contribution in [-0.2, 0) is 28.0 Å². The first-order chi connectivity index (χ1) is 2.00. The molecule has 0 unspecified atom stereocenters. The normalized spacial score (nSPS) is 2.00. The molecule has 0 aromatic heterocycles. The zero-order valence-corrected chi connectivity index (χ0v) is 4.87. The van der Waals surface area contributed by atoms with Crippen molar-refractivity contribution in [1.29, 1.82) is 0 Å². The van der Waals surface area contributed by atoms with Gasteiger partial charge in [-0.1, -0.05) is 0 Å². The summed E-state index contributed by atoms with van der Waals surface area (Å²) >= 11 is 0.333. The summed E-state index contributed by atoms with van der Waals surface area (Å²) in [6.45, 7) is 2.00. The predicted molar refractivity (Wildman–Crippen MR) is 7.81 cm³/mol. The first-order valence-electron chi connectivity index (χ1n) is 0.455. The molecule has 0 atom stereocenters. The summed E-state index contributed by atoms with van der Waals surface area (Å²) in [6, 6.07) is 0. The molecule has 4 heavy (non-hydrogen) atoms. The number of rotatable bonds is 0. The molecule has 0 aliphatic heterocycles. The van der Waals surface area contributed by atoms with Crippen molar-refractivity contribution < 1.29 is 28.0 Å². The molecule has 0 aliphatic rings. The van der Waals surface area contributed by atoms with Gasteiger partial charge < -0.3 is 4.79 Å². The van der Waals surface area contributed by atoms with Gasteiger partial charge in [0.1, 0.15) is 6.79 Å². The molecule has 0 N–H and O–H groups in total. The summed E-state index contributed by atoms with van der Waals surface area (Å²) in [4.78, 5) is 8.00. The van der Waals surface area contributed by atoms with Crippen LogP contribution in [0.15, 0.2) is 0 Å².